The summed E-state index contributed by atoms with van der Waals surface area (Å²) in [5.41, 5.74) is 3.14. The van der Waals surface area contributed by atoms with Gasteiger partial charge in [-0.15, -0.1) is 0 Å². The third-order valence-corrected chi connectivity index (χ3v) is 4.88. The average Bonchev–Trinajstić information content (AvgIpc) is 2.89. The van der Waals surface area contributed by atoms with E-state index < -0.39 is 0 Å². The van der Waals surface area contributed by atoms with Gasteiger partial charge in [-0.2, -0.15) is 0 Å². The molecule has 20 heavy (non-hydrogen) atoms. The average molecular weight is 272 g/mol. The van der Waals surface area contributed by atoms with E-state index in [-0.39, 0.29) is 5.91 Å². The fourth-order valence-electron chi connectivity index (χ4n) is 3.54. The Morgan fingerprint density at radius 1 is 1.35 bits per heavy atom. The number of hydrogen-bond donors (Lipinski definition) is 2. The van der Waals surface area contributed by atoms with Crippen LogP contribution in [0, 0.1) is 11.8 Å². The summed E-state index contributed by atoms with van der Waals surface area (Å²) in [5.74, 6) is 1.49. The molecule has 0 bridgehead atoms. The smallest absolute Gasteiger partial charge is 0.253 e. The molecule has 0 aromatic heterocycles. The van der Waals surface area contributed by atoms with E-state index in [9.17, 15) is 4.79 Å². The number of para-hydroxylation sites is 1. The van der Waals surface area contributed by atoms with Gasteiger partial charge in [-0.05, 0) is 42.7 Å². The van der Waals surface area contributed by atoms with E-state index >= 15 is 0 Å². The Labute approximate surface area is 121 Å². The van der Waals surface area contributed by atoms with E-state index in [4.69, 9.17) is 0 Å². The van der Waals surface area contributed by atoms with Crippen molar-refractivity contribution < 1.29 is 4.79 Å². The Hall–Kier alpha value is -1.51. The molecule has 0 spiro atoms. The molecule has 0 radical (unpaired) electrons. The van der Waals surface area contributed by atoms with Crippen molar-refractivity contribution in [1.82, 2.24) is 5.32 Å². The van der Waals surface area contributed by atoms with Gasteiger partial charge in [-0.25, -0.2) is 0 Å². The topological polar surface area (TPSA) is 41.1 Å². The SMILES string of the molecule is CC1CCCC1CNC(=O)c1cccc2c1NCCC2. The first-order valence-electron chi connectivity index (χ1n) is 7.89. The zero-order valence-corrected chi connectivity index (χ0v) is 12.2. The summed E-state index contributed by atoms with van der Waals surface area (Å²) >= 11 is 0. The number of carbonyl (C=O) groups excluding carboxylic acids is 1. The van der Waals surface area contributed by atoms with Gasteiger partial charge in [-0.3, -0.25) is 4.79 Å². The van der Waals surface area contributed by atoms with Crippen molar-refractivity contribution in [2.45, 2.75) is 39.0 Å². The minimum atomic E-state index is 0.0790. The second-order valence-corrected chi connectivity index (χ2v) is 6.25. The molecule has 1 saturated carbocycles. The van der Waals surface area contributed by atoms with E-state index in [1.165, 1.54) is 24.8 Å². The van der Waals surface area contributed by atoms with Crippen LogP contribution >= 0.6 is 0 Å². The van der Waals surface area contributed by atoms with Gasteiger partial charge in [0.05, 0.1) is 11.3 Å². The molecule has 2 N–H and O–H groups in total. The van der Waals surface area contributed by atoms with Crippen LogP contribution in [-0.2, 0) is 6.42 Å². The van der Waals surface area contributed by atoms with Gasteiger partial charge in [0.15, 0.2) is 0 Å². The first-order valence-corrected chi connectivity index (χ1v) is 7.89. The molecule has 1 aliphatic heterocycles. The van der Waals surface area contributed by atoms with Gasteiger partial charge in [0.2, 0.25) is 0 Å². The van der Waals surface area contributed by atoms with E-state index in [1.54, 1.807) is 0 Å². The predicted molar refractivity (Wildman–Crippen MR) is 82.1 cm³/mol. The molecule has 3 nitrogen and oxygen atoms in total. The van der Waals surface area contributed by atoms with Crippen LogP contribution in [0.25, 0.3) is 0 Å². The Morgan fingerprint density at radius 3 is 3.05 bits per heavy atom. The molecule has 1 aromatic carbocycles. The number of fused-ring (bicyclic) bond motifs is 1. The quantitative estimate of drug-likeness (QED) is 0.887. The van der Waals surface area contributed by atoms with Crippen LogP contribution in [0.15, 0.2) is 18.2 Å². The number of benzene rings is 1. The molecule has 2 unspecified atom stereocenters. The normalized spacial score (nSPS) is 24.9. The van der Waals surface area contributed by atoms with Gasteiger partial charge in [0.25, 0.3) is 5.91 Å². The first kappa shape index (κ1) is 13.5. The molecular weight excluding hydrogens is 248 g/mol. The lowest BCUT2D eigenvalue weighted by molar-refractivity contribution is 0.0945. The predicted octanol–water partition coefficient (Wildman–Crippen LogP) is 3.21. The maximum Gasteiger partial charge on any atom is 0.253 e. The highest BCUT2D eigenvalue weighted by atomic mass is 16.1. The van der Waals surface area contributed by atoms with Gasteiger partial charge < -0.3 is 10.6 Å². The summed E-state index contributed by atoms with van der Waals surface area (Å²) in [7, 11) is 0. The summed E-state index contributed by atoms with van der Waals surface area (Å²) < 4.78 is 0. The molecule has 2 atom stereocenters. The fraction of sp³-hybridized carbons (Fsp3) is 0.588. The Bertz CT molecular complexity index is 498. The molecule has 1 aromatic rings. The zero-order valence-electron chi connectivity index (χ0n) is 12.2. The zero-order chi connectivity index (χ0) is 13.9. The molecule has 0 saturated heterocycles. The van der Waals surface area contributed by atoms with Crippen molar-refractivity contribution in [3.8, 4) is 0 Å². The minimum Gasteiger partial charge on any atom is -0.384 e. The molecule has 1 heterocycles. The lowest BCUT2D eigenvalue weighted by Crippen LogP contribution is -2.31. The standard InChI is InChI=1S/C17H24N2O/c1-12-5-2-7-14(12)11-19-17(20)15-9-3-6-13-8-4-10-18-16(13)15/h3,6,9,12,14,18H,2,4-5,7-8,10-11H2,1H3,(H,19,20). The summed E-state index contributed by atoms with van der Waals surface area (Å²) in [6.07, 6.45) is 6.10. The number of hydrogen-bond acceptors (Lipinski definition) is 2. The second kappa shape index (κ2) is 5.86. The summed E-state index contributed by atoms with van der Waals surface area (Å²) in [6.45, 7) is 4.09. The van der Waals surface area contributed by atoms with E-state index in [1.807, 2.05) is 12.1 Å². The van der Waals surface area contributed by atoms with E-state index in [2.05, 4.69) is 23.6 Å². The Morgan fingerprint density at radius 2 is 2.25 bits per heavy atom. The maximum atomic E-state index is 12.4. The molecule has 1 amide bonds. The van der Waals surface area contributed by atoms with Crippen molar-refractivity contribution in [1.29, 1.82) is 0 Å². The summed E-state index contributed by atoms with van der Waals surface area (Å²) in [4.78, 5) is 12.4. The fourth-order valence-corrected chi connectivity index (χ4v) is 3.54. The van der Waals surface area contributed by atoms with Gasteiger partial charge >= 0.3 is 0 Å². The number of nitrogens with one attached hydrogen (secondary N) is 2. The Kier molecular flexibility index (Phi) is 3.95. The highest BCUT2D eigenvalue weighted by Gasteiger charge is 2.24. The number of aryl methyl sites for hydroxylation is 1. The molecular formula is C17H24N2O. The van der Waals surface area contributed by atoms with Crippen molar-refractivity contribution >= 4 is 11.6 Å². The van der Waals surface area contributed by atoms with Crippen molar-refractivity contribution in [3.05, 3.63) is 29.3 Å². The van der Waals surface area contributed by atoms with Crippen LogP contribution in [0.4, 0.5) is 5.69 Å². The molecule has 2 aliphatic rings. The van der Waals surface area contributed by atoms with Gasteiger partial charge in [0, 0.05) is 13.1 Å². The monoisotopic (exact) mass is 272 g/mol. The molecule has 108 valence electrons. The first-order chi connectivity index (χ1) is 9.75. The minimum absolute atomic E-state index is 0.0790. The molecule has 1 fully saturated rings. The van der Waals surface area contributed by atoms with Crippen LogP contribution in [0.2, 0.25) is 0 Å². The number of carbonyl (C=O) groups is 1. The largest absolute Gasteiger partial charge is 0.384 e. The van der Waals surface area contributed by atoms with Gasteiger partial charge in [0.1, 0.15) is 0 Å². The van der Waals surface area contributed by atoms with Crippen LogP contribution in [0.3, 0.4) is 0 Å². The van der Waals surface area contributed by atoms with Gasteiger partial charge in [-0.1, -0.05) is 31.9 Å². The van der Waals surface area contributed by atoms with Crippen LogP contribution < -0.4 is 10.6 Å². The van der Waals surface area contributed by atoms with Crippen LogP contribution in [-0.4, -0.2) is 19.0 Å². The van der Waals surface area contributed by atoms with Crippen molar-refractivity contribution in [2.75, 3.05) is 18.4 Å². The van der Waals surface area contributed by atoms with E-state index in [0.29, 0.717) is 5.92 Å². The number of rotatable bonds is 3. The number of anilines is 1. The second-order valence-electron chi connectivity index (χ2n) is 6.25. The highest BCUT2D eigenvalue weighted by molar-refractivity contribution is 6.00. The third-order valence-electron chi connectivity index (χ3n) is 4.88. The van der Waals surface area contributed by atoms with Crippen molar-refractivity contribution in [2.24, 2.45) is 11.8 Å². The van der Waals surface area contributed by atoms with E-state index in [0.717, 1.165) is 43.1 Å². The lowest BCUT2D eigenvalue weighted by atomic mass is 9.97. The lowest BCUT2D eigenvalue weighted by Gasteiger charge is -2.21. The number of amides is 1. The molecule has 1 aliphatic carbocycles. The molecule has 3 heteroatoms. The highest BCUT2D eigenvalue weighted by Crippen LogP contribution is 2.31. The van der Waals surface area contributed by atoms with Crippen molar-refractivity contribution in [3.63, 3.8) is 0 Å². The molecule has 3 rings (SSSR count). The van der Waals surface area contributed by atoms with Crippen LogP contribution in [0.5, 0.6) is 0 Å². The van der Waals surface area contributed by atoms with Crippen LogP contribution in [0.1, 0.15) is 48.5 Å². The summed E-state index contributed by atoms with van der Waals surface area (Å²) in [6, 6.07) is 6.06. The Balaban J connectivity index is 1.68. The maximum absolute atomic E-state index is 12.4. The summed E-state index contributed by atoms with van der Waals surface area (Å²) in [5, 5.41) is 6.53. The third kappa shape index (κ3) is 2.67.